The van der Waals surface area contributed by atoms with Crippen LogP contribution in [0.4, 0.5) is 0 Å². The van der Waals surface area contributed by atoms with Gasteiger partial charge in [-0.3, -0.25) is 14.4 Å². The molecule has 0 spiro atoms. The quantitative estimate of drug-likeness (QED) is 0.720. The number of imide groups is 1. The van der Waals surface area contributed by atoms with E-state index in [1.807, 2.05) is 0 Å². The summed E-state index contributed by atoms with van der Waals surface area (Å²) in [5.74, 6) is -0.736. The van der Waals surface area contributed by atoms with E-state index >= 15 is 0 Å². The summed E-state index contributed by atoms with van der Waals surface area (Å²) in [6.07, 6.45) is -0.0813. The van der Waals surface area contributed by atoms with E-state index in [0.29, 0.717) is 24.2 Å². The zero-order valence-corrected chi connectivity index (χ0v) is 8.47. The Labute approximate surface area is 91.9 Å². The topological polar surface area (TPSA) is 58.6 Å². The molecule has 2 amide bonds. The lowest BCUT2D eigenvalue weighted by molar-refractivity contribution is -0.145. The van der Waals surface area contributed by atoms with Crippen molar-refractivity contribution in [2.24, 2.45) is 0 Å². The highest BCUT2D eigenvalue weighted by Gasteiger charge is 2.38. The Kier molecular flexibility index (Phi) is 2.02. The Morgan fingerprint density at radius 1 is 1.12 bits per heavy atom. The lowest BCUT2D eigenvalue weighted by Gasteiger charge is -2.29. The molecule has 82 valence electrons. The summed E-state index contributed by atoms with van der Waals surface area (Å²) in [4.78, 5) is 29.0. The molecule has 0 bridgehead atoms. The summed E-state index contributed by atoms with van der Waals surface area (Å²) >= 11 is 0. The molecule has 2 aliphatic heterocycles. The molecule has 0 radical (unpaired) electrons. The van der Waals surface area contributed by atoms with Gasteiger partial charge in [-0.15, -0.1) is 5.06 Å². The van der Waals surface area contributed by atoms with Crippen molar-refractivity contribution >= 4 is 11.8 Å². The first-order chi connectivity index (χ1) is 7.77. The van der Waals surface area contributed by atoms with Crippen LogP contribution in [0.1, 0.15) is 20.7 Å². The number of nitrogens with one attached hydrogen (secondary N) is 1. The van der Waals surface area contributed by atoms with E-state index in [4.69, 9.17) is 4.84 Å². The van der Waals surface area contributed by atoms with Gasteiger partial charge in [0.1, 0.15) is 6.10 Å². The lowest BCUT2D eigenvalue weighted by Crippen LogP contribution is -2.52. The predicted octanol–water partition coefficient (Wildman–Crippen LogP) is 0.186. The Morgan fingerprint density at radius 2 is 1.69 bits per heavy atom. The van der Waals surface area contributed by atoms with Crippen LogP contribution in [0.5, 0.6) is 0 Å². The minimum atomic E-state index is -0.368. The highest BCUT2D eigenvalue weighted by atomic mass is 16.7. The average Bonchev–Trinajstić information content (AvgIpc) is 2.48. The summed E-state index contributed by atoms with van der Waals surface area (Å²) < 4.78 is 0. The van der Waals surface area contributed by atoms with Gasteiger partial charge < -0.3 is 5.32 Å². The molecule has 3 rings (SSSR count). The highest BCUT2D eigenvalue weighted by Crippen LogP contribution is 2.23. The summed E-state index contributed by atoms with van der Waals surface area (Å²) in [5, 5.41) is 3.88. The molecular formula is C11H10N2O3. The van der Waals surface area contributed by atoms with Crippen LogP contribution in [0, 0.1) is 0 Å². The largest absolute Gasteiger partial charge is 0.311 e. The molecule has 1 saturated heterocycles. The number of benzene rings is 1. The van der Waals surface area contributed by atoms with Gasteiger partial charge in [0.05, 0.1) is 11.1 Å². The standard InChI is InChI=1S/C11H10N2O3/c14-10-8-3-1-2-4-9(8)11(15)13(10)16-7-5-12-6-7/h1-4,7,12H,5-6H2. The molecule has 5 nitrogen and oxygen atoms in total. The normalized spacial score (nSPS) is 19.9. The number of carbonyl (C=O) groups is 2. The summed E-state index contributed by atoms with van der Waals surface area (Å²) in [6, 6.07) is 6.74. The van der Waals surface area contributed by atoms with Crippen LogP contribution in [-0.4, -0.2) is 36.1 Å². The maximum absolute atomic E-state index is 11.8. The van der Waals surface area contributed by atoms with Crippen LogP contribution in [-0.2, 0) is 4.84 Å². The molecule has 0 saturated carbocycles. The van der Waals surface area contributed by atoms with E-state index in [-0.39, 0.29) is 17.9 Å². The zero-order valence-electron chi connectivity index (χ0n) is 8.47. The van der Waals surface area contributed by atoms with Gasteiger partial charge in [-0.1, -0.05) is 12.1 Å². The average molecular weight is 218 g/mol. The number of fused-ring (bicyclic) bond motifs is 1. The number of hydroxylamine groups is 2. The smallest absolute Gasteiger partial charge is 0.285 e. The lowest BCUT2D eigenvalue weighted by atomic mass is 10.1. The fraction of sp³-hybridized carbons (Fsp3) is 0.273. The number of amides is 2. The second-order valence-electron chi connectivity index (χ2n) is 3.84. The van der Waals surface area contributed by atoms with Crippen LogP contribution in [0.25, 0.3) is 0 Å². The number of rotatable bonds is 2. The van der Waals surface area contributed by atoms with Crippen molar-refractivity contribution in [3.05, 3.63) is 35.4 Å². The molecular weight excluding hydrogens is 208 g/mol. The molecule has 5 heteroatoms. The number of hydrogen-bond acceptors (Lipinski definition) is 4. The number of hydrogen-bond donors (Lipinski definition) is 1. The summed E-state index contributed by atoms with van der Waals surface area (Å²) in [5.41, 5.74) is 0.833. The highest BCUT2D eigenvalue weighted by molar-refractivity contribution is 6.20. The van der Waals surface area contributed by atoms with Crippen molar-refractivity contribution in [3.8, 4) is 0 Å². The molecule has 1 aromatic carbocycles. The maximum atomic E-state index is 11.8. The van der Waals surface area contributed by atoms with Crippen molar-refractivity contribution in [1.82, 2.24) is 10.4 Å². The van der Waals surface area contributed by atoms with Gasteiger partial charge >= 0.3 is 0 Å². The van der Waals surface area contributed by atoms with Crippen molar-refractivity contribution in [2.75, 3.05) is 13.1 Å². The maximum Gasteiger partial charge on any atom is 0.285 e. The Balaban J connectivity index is 1.88. The van der Waals surface area contributed by atoms with Crippen LogP contribution in [0.15, 0.2) is 24.3 Å². The van der Waals surface area contributed by atoms with Crippen molar-refractivity contribution in [1.29, 1.82) is 0 Å². The third kappa shape index (κ3) is 1.26. The second kappa shape index (κ2) is 3.40. The van der Waals surface area contributed by atoms with Gasteiger partial charge in [-0.2, -0.15) is 0 Å². The Bertz CT molecular complexity index is 433. The first-order valence-electron chi connectivity index (χ1n) is 5.12. The van der Waals surface area contributed by atoms with Gasteiger partial charge in [0.25, 0.3) is 11.8 Å². The van der Waals surface area contributed by atoms with Crippen LogP contribution in [0.2, 0.25) is 0 Å². The molecule has 1 N–H and O–H groups in total. The number of carbonyl (C=O) groups excluding carboxylic acids is 2. The molecule has 0 aliphatic carbocycles. The summed E-state index contributed by atoms with van der Waals surface area (Å²) in [6.45, 7) is 1.35. The van der Waals surface area contributed by atoms with E-state index in [0.717, 1.165) is 5.06 Å². The SMILES string of the molecule is O=C1c2ccccc2C(=O)N1OC1CNC1. The van der Waals surface area contributed by atoms with Crippen LogP contribution >= 0.6 is 0 Å². The fourth-order valence-electron chi connectivity index (χ4n) is 1.75. The van der Waals surface area contributed by atoms with Gasteiger partial charge in [0.15, 0.2) is 0 Å². The van der Waals surface area contributed by atoms with E-state index < -0.39 is 0 Å². The minimum Gasteiger partial charge on any atom is -0.311 e. The van der Waals surface area contributed by atoms with Crippen molar-refractivity contribution in [3.63, 3.8) is 0 Å². The molecule has 0 aromatic heterocycles. The fourth-order valence-corrected chi connectivity index (χ4v) is 1.75. The van der Waals surface area contributed by atoms with Gasteiger partial charge in [0, 0.05) is 13.1 Å². The van der Waals surface area contributed by atoms with E-state index in [1.54, 1.807) is 24.3 Å². The molecule has 1 fully saturated rings. The monoisotopic (exact) mass is 218 g/mol. The molecule has 0 atom stereocenters. The zero-order chi connectivity index (χ0) is 11.1. The second-order valence-corrected chi connectivity index (χ2v) is 3.84. The molecule has 2 heterocycles. The third-order valence-electron chi connectivity index (χ3n) is 2.76. The summed E-state index contributed by atoms with van der Waals surface area (Å²) in [7, 11) is 0. The minimum absolute atomic E-state index is 0.0813. The van der Waals surface area contributed by atoms with E-state index in [2.05, 4.69) is 5.32 Å². The Hall–Kier alpha value is -1.72. The van der Waals surface area contributed by atoms with Crippen LogP contribution < -0.4 is 5.32 Å². The van der Waals surface area contributed by atoms with Crippen molar-refractivity contribution < 1.29 is 14.4 Å². The Morgan fingerprint density at radius 3 is 2.12 bits per heavy atom. The molecule has 2 aliphatic rings. The molecule has 1 aromatic rings. The predicted molar refractivity (Wildman–Crippen MR) is 54.7 cm³/mol. The van der Waals surface area contributed by atoms with Crippen LogP contribution in [0.3, 0.4) is 0 Å². The van der Waals surface area contributed by atoms with Gasteiger partial charge in [0.2, 0.25) is 0 Å². The van der Waals surface area contributed by atoms with Crippen molar-refractivity contribution in [2.45, 2.75) is 6.10 Å². The number of nitrogens with zero attached hydrogens (tertiary/aromatic N) is 1. The van der Waals surface area contributed by atoms with E-state index in [1.165, 1.54) is 0 Å². The van der Waals surface area contributed by atoms with Gasteiger partial charge in [-0.25, -0.2) is 0 Å². The third-order valence-corrected chi connectivity index (χ3v) is 2.76. The van der Waals surface area contributed by atoms with E-state index in [9.17, 15) is 9.59 Å². The molecule has 16 heavy (non-hydrogen) atoms. The van der Waals surface area contributed by atoms with Gasteiger partial charge in [-0.05, 0) is 12.1 Å². The first kappa shape index (κ1) is 9.50. The molecule has 0 unspecified atom stereocenters. The first-order valence-corrected chi connectivity index (χ1v) is 5.12.